The number of benzene rings is 2. The fourth-order valence-corrected chi connectivity index (χ4v) is 2.07. The van der Waals surface area contributed by atoms with Crippen LogP contribution in [0.15, 0.2) is 46.9 Å². The second-order valence-corrected chi connectivity index (χ2v) is 4.83. The molecule has 0 fully saturated rings. The van der Waals surface area contributed by atoms with Gasteiger partial charge in [-0.25, -0.2) is 8.78 Å². The highest BCUT2D eigenvalue weighted by atomic mass is 79.9. The minimum Gasteiger partial charge on any atom is -0.373 e. The molecule has 2 aromatic carbocycles. The first-order valence-corrected chi connectivity index (χ1v) is 6.59. The lowest BCUT2D eigenvalue weighted by Gasteiger charge is -2.10. The molecule has 2 aromatic rings. The molecule has 0 aliphatic carbocycles. The van der Waals surface area contributed by atoms with Crippen molar-refractivity contribution < 1.29 is 13.6 Å². The number of carbonyl (C=O) groups is 1. The van der Waals surface area contributed by atoms with E-state index in [0.717, 1.165) is 0 Å². The van der Waals surface area contributed by atoms with E-state index in [-0.39, 0.29) is 17.9 Å². The molecule has 0 atom stereocenters. The summed E-state index contributed by atoms with van der Waals surface area (Å²) < 4.78 is 27.4. The van der Waals surface area contributed by atoms with Crippen molar-refractivity contribution in [2.75, 3.05) is 17.2 Å². The molecule has 2 N–H and O–H groups in total. The molecule has 0 aliphatic rings. The summed E-state index contributed by atoms with van der Waals surface area (Å²) in [6, 6.07) is 10.3. The molecular formula is C14H11BrF2N2O. The van der Waals surface area contributed by atoms with Gasteiger partial charge in [-0.15, -0.1) is 0 Å². The topological polar surface area (TPSA) is 41.1 Å². The quantitative estimate of drug-likeness (QED) is 0.889. The second-order valence-electron chi connectivity index (χ2n) is 3.98. The van der Waals surface area contributed by atoms with Crippen LogP contribution in [-0.2, 0) is 4.79 Å². The molecule has 0 spiro atoms. The van der Waals surface area contributed by atoms with Crippen LogP contribution in [0.3, 0.4) is 0 Å². The Balaban J connectivity index is 1.98. The highest BCUT2D eigenvalue weighted by molar-refractivity contribution is 9.10. The van der Waals surface area contributed by atoms with Crippen molar-refractivity contribution in [3.05, 3.63) is 58.6 Å². The predicted molar refractivity (Wildman–Crippen MR) is 77.6 cm³/mol. The molecular weight excluding hydrogens is 330 g/mol. The van der Waals surface area contributed by atoms with Gasteiger partial charge in [0.2, 0.25) is 5.91 Å². The number of hydrogen-bond acceptors (Lipinski definition) is 2. The lowest BCUT2D eigenvalue weighted by molar-refractivity contribution is -0.114. The zero-order valence-corrected chi connectivity index (χ0v) is 11.9. The Morgan fingerprint density at radius 1 is 1.05 bits per heavy atom. The van der Waals surface area contributed by atoms with Gasteiger partial charge < -0.3 is 10.6 Å². The molecule has 0 unspecified atom stereocenters. The Kier molecular flexibility index (Phi) is 4.68. The fraction of sp³-hybridized carbons (Fsp3) is 0.0714. The molecule has 1 amide bonds. The van der Waals surface area contributed by atoms with E-state index in [2.05, 4.69) is 26.6 Å². The number of hydrogen-bond donors (Lipinski definition) is 2. The maximum absolute atomic E-state index is 13.5. The van der Waals surface area contributed by atoms with Crippen molar-refractivity contribution >= 4 is 33.2 Å². The third-order valence-corrected chi connectivity index (χ3v) is 3.20. The summed E-state index contributed by atoms with van der Waals surface area (Å²) in [5, 5.41) is 5.07. The Morgan fingerprint density at radius 3 is 2.45 bits per heavy atom. The molecule has 0 radical (unpaired) electrons. The van der Waals surface area contributed by atoms with Crippen LogP contribution in [0, 0.1) is 11.6 Å². The zero-order chi connectivity index (χ0) is 14.5. The molecule has 6 heteroatoms. The summed E-state index contributed by atoms with van der Waals surface area (Å²) in [5.41, 5.74) is 0.281. The van der Waals surface area contributed by atoms with Gasteiger partial charge in [0.25, 0.3) is 0 Å². The van der Waals surface area contributed by atoms with Crippen LogP contribution in [-0.4, -0.2) is 12.5 Å². The molecule has 0 bridgehead atoms. The molecule has 0 aliphatic heterocycles. The van der Waals surface area contributed by atoms with Crippen LogP contribution in [0.2, 0.25) is 0 Å². The minimum atomic E-state index is -0.520. The van der Waals surface area contributed by atoms with Crippen LogP contribution >= 0.6 is 15.9 Å². The Bertz CT molecular complexity index is 614. The number of para-hydroxylation sites is 2. The number of halogens is 3. The normalized spacial score (nSPS) is 10.2. The van der Waals surface area contributed by atoms with Crippen molar-refractivity contribution in [3.8, 4) is 0 Å². The van der Waals surface area contributed by atoms with Crippen molar-refractivity contribution in [2.24, 2.45) is 0 Å². The number of carbonyl (C=O) groups excluding carboxylic acids is 1. The number of rotatable bonds is 4. The van der Waals surface area contributed by atoms with E-state index in [1.807, 2.05) is 0 Å². The van der Waals surface area contributed by atoms with Gasteiger partial charge in [0, 0.05) is 4.47 Å². The first-order valence-electron chi connectivity index (χ1n) is 5.80. The third-order valence-electron chi connectivity index (χ3n) is 2.54. The fourth-order valence-electron chi connectivity index (χ4n) is 1.59. The largest absolute Gasteiger partial charge is 0.373 e. The van der Waals surface area contributed by atoms with Gasteiger partial charge in [0.1, 0.15) is 11.6 Å². The number of nitrogens with one attached hydrogen (secondary N) is 2. The van der Waals surface area contributed by atoms with E-state index in [4.69, 9.17) is 0 Å². The van der Waals surface area contributed by atoms with E-state index in [0.29, 0.717) is 4.47 Å². The van der Waals surface area contributed by atoms with E-state index >= 15 is 0 Å². The van der Waals surface area contributed by atoms with Crippen molar-refractivity contribution in [1.29, 1.82) is 0 Å². The molecule has 0 heterocycles. The van der Waals surface area contributed by atoms with Crippen molar-refractivity contribution in [1.82, 2.24) is 0 Å². The SMILES string of the molecule is O=C(CNc1c(F)cccc1Br)Nc1ccccc1F. The maximum atomic E-state index is 13.5. The van der Waals surface area contributed by atoms with Gasteiger partial charge in [-0.3, -0.25) is 4.79 Å². The van der Waals surface area contributed by atoms with Gasteiger partial charge in [-0.2, -0.15) is 0 Å². The lowest BCUT2D eigenvalue weighted by Crippen LogP contribution is -2.22. The minimum absolute atomic E-state index is 0.0897. The smallest absolute Gasteiger partial charge is 0.243 e. The standard InChI is InChI=1S/C14H11BrF2N2O/c15-9-4-3-6-11(17)14(9)18-8-13(20)19-12-7-2-1-5-10(12)16/h1-7,18H,8H2,(H,19,20). The zero-order valence-electron chi connectivity index (χ0n) is 10.3. The van der Waals surface area contributed by atoms with Gasteiger partial charge in [-0.1, -0.05) is 18.2 Å². The van der Waals surface area contributed by atoms with E-state index in [1.54, 1.807) is 18.2 Å². The van der Waals surface area contributed by atoms with Crippen LogP contribution in [0.1, 0.15) is 0 Å². The van der Waals surface area contributed by atoms with Gasteiger partial charge in [0.15, 0.2) is 0 Å². The van der Waals surface area contributed by atoms with Crippen molar-refractivity contribution in [2.45, 2.75) is 0 Å². The molecule has 0 saturated carbocycles. The number of anilines is 2. The summed E-state index contributed by atoms with van der Waals surface area (Å²) in [7, 11) is 0. The van der Waals surface area contributed by atoms with Crippen molar-refractivity contribution in [3.63, 3.8) is 0 Å². The summed E-state index contributed by atoms with van der Waals surface area (Å²) in [6.45, 7) is -0.173. The average Bonchev–Trinajstić information content (AvgIpc) is 2.41. The Labute approximate surface area is 123 Å². The third kappa shape index (κ3) is 3.54. The first kappa shape index (κ1) is 14.5. The molecule has 0 saturated heterocycles. The predicted octanol–water partition coefficient (Wildman–Crippen LogP) is 3.78. The maximum Gasteiger partial charge on any atom is 0.243 e. The van der Waals surface area contributed by atoms with E-state index < -0.39 is 17.5 Å². The van der Waals surface area contributed by atoms with E-state index in [9.17, 15) is 13.6 Å². The summed E-state index contributed by atoms with van der Waals surface area (Å²) in [4.78, 5) is 11.7. The van der Waals surface area contributed by atoms with Gasteiger partial charge >= 0.3 is 0 Å². The van der Waals surface area contributed by atoms with Crippen LogP contribution in [0.5, 0.6) is 0 Å². The van der Waals surface area contributed by atoms with Crippen LogP contribution in [0.25, 0.3) is 0 Å². The Morgan fingerprint density at radius 2 is 1.75 bits per heavy atom. The first-order chi connectivity index (χ1) is 9.58. The number of amides is 1. The summed E-state index contributed by atoms with van der Waals surface area (Å²) in [6.07, 6.45) is 0. The lowest BCUT2D eigenvalue weighted by atomic mass is 10.3. The molecule has 20 heavy (non-hydrogen) atoms. The summed E-state index contributed by atoms with van der Waals surface area (Å²) in [5.74, 6) is -1.46. The van der Waals surface area contributed by atoms with Gasteiger partial charge in [-0.05, 0) is 40.2 Å². The van der Waals surface area contributed by atoms with Crippen LogP contribution < -0.4 is 10.6 Å². The molecule has 3 nitrogen and oxygen atoms in total. The highest BCUT2D eigenvalue weighted by Crippen LogP contribution is 2.24. The van der Waals surface area contributed by atoms with Gasteiger partial charge in [0.05, 0.1) is 17.9 Å². The average molecular weight is 341 g/mol. The van der Waals surface area contributed by atoms with Crippen LogP contribution in [0.4, 0.5) is 20.2 Å². The molecule has 104 valence electrons. The van der Waals surface area contributed by atoms with E-state index in [1.165, 1.54) is 24.3 Å². The monoisotopic (exact) mass is 340 g/mol. The second kappa shape index (κ2) is 6.47. The Hall–Kier alpha value is -1.95. The summed E-state index contributed by atoms with van der Waals surface area (Å²) >= 11 is 3.18. The highest BCUT2D eigenvalue weighted by Gasteiger charge is 2.09. The molecule has 2 rings (SSSR count). The molecule has 0 aromatic heterocycles.